The second-order valence-corrected chi connectivity index (χ2v) is 4.89. The molecule has 0 bridgehead atoms. The Morgan fingerprint density at radius 1 is 1.26 bits per heavy atom. The topological polar surface area (TPSA) is 80.3 Å². The fraction of sp³-hybridized carbons (Fsp3) is 0.133. The van der Waals surface area contributed by atoms with E-state index >= 15 is 0 Å². The van der Waals surface area contributed by atoms with Gasteiger partial charge < -0.3 is 4.74 Å². The summed E-state index contributed by atoms with van der Waals surface area (Å²) in [4.78, 5) is 27.4. The number of hydrogen-bond acceptors (Lipinski definition) is 4. The summed E-state index contributed by atoms with van der Waals surface area (Å²) >= 11 is 5.67. The Kier molecular flexibility index (Phi) is 5.48. The monoisotopic (exact) mass is 337 g/mol. The lowest BCUT2D eigenvalue weighted by atomic mass is 10.2. The average Bonchev–Trinajstić information content (AvgIpc) is 2.54. The average molecular weight is 338 g/mol. The van der Waals surface area contributed by atoms with E-state index in [4.69, 9.17) is 16.3 Å². The number of rotatable bonds is 4. The molecule has 1 aromatic heterocycles. The number of ether oxygens (including phenoxy) is 1. The number of carbonyl (C=O) groups is 2. The highest BCUT2D eigenvalue weighted by molar-refractivity contribution is 6.29. The first-order valence-electron chi connectivity index (χ1n) is 6.60. The molecule has 8 heteroatoms. The number of carbonyl (C=O) groups excluding carboxylic acids is 2. The first-order valence-corrected chi connectivity index (χ1v) is 6.98. The summed E-state index contributed by atoms with van der Waals surface area (Å²) in [5.41, 5.74) is 4.63. The van der Waals surface area contributed by atoms with Crippen molar-refractivity contribution in [1.29, 1.82) is 0 Å². The van der Waals surface area contributed by atoms with Gasteiger partial charge in [0.15, 0.2) is 17.7 Å². The Bertz CT molecular complexity index is 727. The predicted octanol–water partition coefficient (Wildman–Crippen LogP) is 2.10. The minimum absolute atomic E-state index is 0.0533. The maximum atomic E-state index is 13.4. The maximum Gasteiger partial charge on any atom is 0.279 e. The van der Waals surface area contributed by atoms with E-state index in [1.807, 2.05) is 0 Å². The van der Waals surface area contributed by atoms with Crippen LogP contribution in [0.4, 0.5) is 4.39 Å². The normalized spacial score (nSPS) is 11.4. The van der Waals surface area contributed by atoms with Crippen molar-refractivity contribution in [1.82, 2.24) is 15.8 Å². The van der Waals surface area contributed by atoms with Crippen molar-refractivity contribution in [2.45, 2.75) is 13.0 Å². The van der Waals surface area contributed by atoms with Crippen molar-refractivity contribution < 1.29 is 18.7 Å². The molecule has 0 saturated heterocycles. The van der Waals surface area contributed by atoms with Gasteiger partial charge in [-0.2, -0.15) is 0 Å². The van der Waals surface area contributed by atoms with Gasteiger partial charge in [-0.3, -0.25) is 20.4 Å². The van der Waals surface area contributed by atoms with E-state index in [2.05, 4.69) is 15.8 Å². The molecule has 6 nitrogen and oxygen atoms in total. The molecular formula is C15H13ClFN3O3. The Morgan fingerprint density at radius 2 is 2.00 bits per heavy atom. The van der Waals surface area contributed by atoms with Gasteiger partial charge in [-0.25, -0.2) is 9.37 Å². The molecule has 0 fully saturated rings. The number of hydrazine groups is 1. The molecule has 2 rings (SSSR count). The van der Waals surface area contributed by atoms with Gasteiger partial charge in [0, 0.05) is 11.8 Å². The molecule has 0 spiro atoms. The molecule has 2 amide bonds. The van der Waals surface area contributed by atoms with E-state index in [0.29, 0.717) is 0 Å². The first kappa shape index (κ1) is 16.7. The van der Waals surface area contributed by atoms with Crippen molar-refractivity contribution in [3.05, 3.63) is 59.1 Å². The van der Waals surface area contributed by atoms with Crippen molar-refractivity contribution in [2.75, 3.05) is 0 Å². The third kappa shape index (κ3) is 4.65. The summed E-state index contributed by atoms with van der Waals surface area (Å²) < 4.78 is 18.6. The Labute approximate surface area is 136 Å². The number of hydrogen-bond donors (Lipinski definition) is 2. The number of benzene rings is 1. The van der Waals surface area contributed by atoms with Crippen LogP contribution in [0.3, 0.4) is 0 Å². The number of nitrogens with one attached hydrogen (secondary N) is 2. The van der Waals surface area contributed by atoms with Crippen LogP contribution in [-0.4, -0.2) is 22.9 Å². The summed E-state index contributed by atoms with van der Waals surface area (Å²) in [7, 11) is 0. The standard InChI is InChI=1S/C15H13ClFN3O3/c1-9(23-12-5-3-2-4-11(12)17)14(21)19-20-15(22)10-6-7-18-13(16)8-10/h2-9H,1H3,(H,19,21)(H,20,22). The highest BCUT2D eigenvalue weighted by atomic mass is 35.5. The molecule has 0 radical (unpaired) electrons. The molecule has 1 heterocycles. The summed E-state index contributed by atoms with van der Waals surface area (Å²) in [5.74, 6) is -1.84. The lowest BCUT2D eigenvalue weighted by molar-refractivity contribution is -0.128. The van der Waals surface area contributed by atoms with Gasteiger partial charge in [0.05, 0.1) is 0 Å². The Balaban J connectivity index is 1.89. The van der Waals surface area contributed by atoms with Crippen LogP contribution in [0.25, 0.3) is 0 Å². The molecule has 2 aromatic rings. The smallest absolute Gasteiger partial charge is 0.279 e. The minimum atomic E-state index is -1.01. The lowest BCUT2D eigenvalue weighted by Gasteiger charge is -2.15. The van der Waals surface area contributed by atoms with E-state index in [1.165, 1.54) is 43.5 Å². The van der Waals surface area contributed by atoms with Gasteiger partial charge >= 0.3 is 0 Å². The molecule has 2 N–H and O–H groups in total. The number of nitrogens with zero attached hydrogens (tertiary/aromatic N) is 1. The van der Waals surface area contributed by atoms with Gasteiger partial charge in [-0.1, -0.05) is 23.7 Å². The highest BCUT2D eigenvalue weighted by Crippen LogP contribution is 2.16. The van der Waals surface area contributed by atoms with Gasteiger partial charge in [0.1, 0.15) is 5.15 Å². The van der Waals surface area contributed by atoms with Gasteiger partial charge in [-0.15, -0.1) is 0 Å². The van der Waals surface area contributed by atoms with Crippen LogP contribution in [0, 0.1) is 5.82 Å². The molecule has 1 unspecified atom stereocenters. The summed E-state index contributed by atoms with van der Waals surface area (Å²) in [5, 5.41) is 0.153. The molecule has 1 aromatic carbocycles. The number of aromatic nitrogens is 1. The van der Waals surface area contributed by atoms with Gasteiger partial charge in [-0.05, 0) is 31.2 Å². The third-order valence-corrected chi connectivity index (χ3v) is 3.00. The van der Waals surface area contributed by atoms with Gasteiger partial charge in [0.25, 0.3) is 11.8 Å². The number of halogens is 2. The number of pyridine rings is 1. The van der Waals surface area contributed by atoms with Crippen LogP contribution in [0.2, 0.25) is 5.15 Å². The van der Waals surface area contributed by atoms with E-state index in [1.54, 1.807) is 6.07 Å². The zero-order valence-electron chi connectivity index (χ0n) is 12.0. The van der Waals surface area contributed by atoms with E-state index in [9.17, 15) is 14.0 Å². The zero-order chi connectivity index (χ0) is 16.8. The number of para-hydroxylation sites is 1. The van der Waals surface area contributed by atoms with Gasteiger partial charge in [0.2, 0.25) is 0 Å². The quantitative estimate of drug-likeness (QED) is 0.661. The second kappa shape index (κ2) is 7.55. The van der Waals surface area contributed by atoms with Crippen molar-refractivity contribution in [3.63, 3.8) is 0 Å². The molecule has 0 aliphatic rings. The van der Waals surface area contributed by atoms with Crippen LogP contribution in [-0.2, 0) is 4.79 Å². The van der Waals surface area contributed by atoms with Crippen LogP contribution < -0.4 is 15.6 Å². The van der Waals surface area contributed by atoms with Crippen molar-refractivity contribution >= 4 is 23.4 Å². The van der Waals surface area contributed by atoms with Crippen LogP contribution in [0.5, 0.6) is 5.75 Å². The summed E-state index contributed by atoms with van der Waals surface area (Å²) in [6, 6.07) is 8.49. The predicted molar refractivity (Wildman–Crippen MR) is 81.3 cm³/mol. The van der Waals surface area contributed by atoms with E-state index in [-0.39, 0.29) is 16.5 Å². The van der Waals surface area contributed by atoms with Crippen molar-refractivity contribution in [2.24, 2.45) is 0 Å². The van der Waals surface area contributed by atoms with Crippen LogP contribution in [0.15, 0.2) is 42.6 Å². The molecule has 0 aliphatic carbocycles. The zero-order valence-corrected chi connectivity index (χ0v) is 12.8. The fourth-order valence-corrected chi connectivity index (χ4v) is 1.79. The summed E-state index contributed by atoms with van der Waals surface area (Å²) in [6.07, 6.45) is 0.358. The minimum Gasteiger partial charge on any atom is -0.478 e. The molecular weight excluding hydrogens is 325 g/mol. The molecule has 23 heavy (non-hydrogen) atoms. The third-order valence-electron chi connectivity index (χ3n) is 2.80. The SMILES string of the molecule is CC(Oc1ccccc1F)C(=O)NNC(=O)c1ccnc(Cl)c1. The maximum absolute atomic E-state index is 13.4. The molecule has 0 saturated carbocycles. The highest BCUT2D eigenvalue weighted by Gasteiger charge is 2.17. The van der Waals surface area contributed by atoms with E-state index in [0.717, 1.165) is 0 Å². The Morgan fingerprint density at radius 3 is 2.70 bits per heavy atom. The molecule has 1 atom stereocenters. The molecule has 0 aliphatic heterocycles. The summed E-state index contributed by atoms with van der Waals surface area (Å²) in [6.45, 7) is 1.43. The van der Waals surface area contributed by atoms with Crippen LogP contribution in [0.1, 0.15) is 17.3 Å². The number of amides is 2. The van der Waals surface area contributed by atoms with E-state index < -0.39 is 23.7 Å². The van der Waals surface area contributed by atoms with Crippen LogP contribution >= 0.6 is 11.6 Å². The fourth-order valence-electron chi connectivity index (χ4n) is 1.62. The second-order valence-electron chi connectivity index (χ2n) is 4.50. The first-order chi connectivity index (χ1) is 11.0. The largest absolute Gasteiger partial charge is 0.478 e. The van der Waals surface area contributed by atoms with Crippen molar-refractivity contribution in [3.8, 4) is 5.75 Å². The lowest BCUT2D eigenvalue weighted by Crippen LogP contribution is -2.47. The molecule has 120 valence electrons. The Hall–Kier alpha value is -2.67.